The lowest BCUT2D eigenvalue weighted by atomic mass is 9.58. The first-order chi connectivity index (χ1) is 7.80. The van der Waals surface area contributed by atoms with Gasteiger partial charge in [-0.05, 0) is 37.7 Å². The molecule has 0 bridgehead atoms. The van der Waals surface area contributed by atoms with Crippen molar-refractivity contribution in [2.75, 3.05) is 6.61 Å². The zero-order valence-corrected chi connectivity index (χ0v) is 11.0. The van der Waals surface area contributed by atoms with Crippen molar-refractivity contribution in [3.05, 3.63) is 37.0 Å². The van der Waals surface area contributed by atoms with Crippen LogP contribution in [0.2, 0.25) is 0 Å². The third kappa shape index (κ3) is 2.24. The lowest BCUT2D eigenvalue weighted by Gasteiger charge is -2.50. The lowest BCUT2D eigenvalue weighted by molar-refractivity contribution is -0.0674. The van der Waals surface area contributed by atoms with E-state index in [2.05, 4.69) is 19.7 Å². The predicted octanol–water partition coefficient (Wildman–Crippen LogP) is 2.83. The molecule has 0 saturated heterocycles. The van der Waals surface area contributed by atoms with Gasteiger partial charge in [0.25, 0.3) is 0 Å². The maximum Gasteiger partial charge on any atom is 0.0969 e. The molecule has 2 nitrogen and oxygen atoms in total. The number of aliphatic hydroxyl groups excluding tert-OH is 1. The molecule has 1 fully saturated rings. The minimum atomic E-state index is -1.08. The molecule has 0 unspecified atom stereocenters. The summed E-state index contributed by atoms with van der Waals surface area (Å²) in [5, 5.41) is 20.2. The number of aliphatic hydroxyl groups is 2. The summed E-state index contributed by atoms with van der Waals surface area (Å²) in [6.07, 6.45) is 4.20. The smallest absolute Gasteiger partial charge is 0.0969 e. The summed E-state index contributed by atoms with van der Waals surface area (Å²) in [5.41, 5.74) is 0.0653. The first kappa shape index (κ1) is 14.2. The van der Waals surface area contributed by atoms with Gasteiger partial charge in [0.15, 0.2) is 0 Å². The average molecular weight is 236 g/mol. The van der Waals surface area contributed by atoms with Crippen LogP contribution in [0.4, 0.5) is 0 Å². The molecule has 2 N–H and O–H groups in total. The quantitative estimate of drug-likeness (QED) is 0.737. The number of rotatable bonds is 4. The zero-order valence-electron chi connectivity index (χ0n) is 11.0. The van der Waals surface area contributed by atoms with Crippen LogP contribution >= 0.6 is 0 Å². The molecule has 0 aromatic heterocycles. The van der Waals surface area contributed by atoms with Gasteiger partial charge >= 0.3 is 0 Å². The van der Waals surface area contributed by atoms with Crippen molar-refractivity contribution in [2.45, 2.75) is 38.7 Å². The fourth-order valence-electron chi connectivity index (χ4n) is 2.74. The first-order valence-electron chi connectivity index (χ1n) is 6.11. The van der Waals surface area contributed by atoms with Crippen LogP contribution in [0.1, 0.15) is 33.1 Å². The van der Waals surface area contributed by atoms with Crippen LogP contribution in [-0.2, 0) is 0 Å². The minimum absolute atomic E-state index is 0.192. The highest BCUT2D eigenvalue weighted by molar-refractivity contribution is 5.26. The van der Waals surface area contributed by atoms with Crippen LogP contribution in [0.3, 0.4) is 0 Å². The van der Waals surface area contributed by atoms with Crippen LogP contribution in [0.15, 0.2) is 37.0 Å². The molecule has 17 heavy (non-hydrogen) atoms. The maximum absolute atomic E-state index is 10.9. The number of hydrogen-bond donors (Lipinski definition) is 2. The zero-order chi connectivity index (χ0) is 13.3. The van der Waals surface area contributed by atoms with Gasteiger partial charge in [0.05, 0.1) is 12.2 Å². The van der Waals surface area contributed by atoms with Crippen molar-refractivity contribution < 1.29 is 10.2 Å². The van der Waals surface area contributed by atoms with Crippen LogP contribution < -0.4 is 0 Å². The maximum atomic E-state index is 10.9. The van der Waals surface area contributed by atoms with Crippen LogP contribution in [0.25, 0.3) is 0 Å². The van der Waals surface area contributed by atoms with Crippen LogP contribution in [0.5, 0.6) is 0 Å². The molecule has 0 spiro atoms. The summed E-state index contributed by atoms with van der Waals surface area (Å²) in [6, 6.07) is 0. The van der Waals surface area contributed by atoms with Gasteiger partial charge in [0, 0.05) is 5.41 Å². The molecule has 2 heteroatoms. The van der Waals surface area contributed by atoms with Gasteiger partial charge in [-0.15, -0.1) is 6.58 Å². The van der Waals surface area contributed by atoms with Gasteiger partial charge in [-0.1, -0.05) is 31.7 Å². The molecule has 0 radical (unpaired) electrons. The summed E-state index contributed by atoms with van der Waals surface area (Å²) < 4.78 is 0. The van der Waals surface area contributed by atoms with E-state index >= 15 is 0 Å². The van der Waals surface area contributed by atoms with Crippen molar-refractivity contribution in [1.82, 2.24) is 0 Å². The van der Waals surface area contributed by atoms with E-state index in [-0.39, 0.29) is 12.5 Å². The molecule has 0 aromatic rings. The fourth-order valence-corrected chi connectivity index (χ4v) is 2.74. The second-order valence-corrected chi connectivity index (χ2v) is 5.53. The van der Waals surface area contributed by atoms with Gasteiger partial charge in [-0.3, -0.25) is 0 Å². The van der Waals surface area contributed by atoms with E-state index in [4.69, 9.17) is 0 Å². The van der Waals surface area contributed by atoms with Crippen molar-refractivity contribution in [3.63, 3.8) is 0 Å². The Morgan fingerprint density at radius 3 is 2.47 bits per heavy atom. The van der Waals surface area contributed by atoms with E-state index in [0.29, 0.717) is 12.0 Å². The summed E-state index contributed by atoms with van der Waals surface area (Å²) in [4.78, 5) is 0. The SMILES string of the molecule is C=C[C@]1(C)CC[C@@H](C(=C)C)C[C@@]1(O)C(=C)CO. The summed E-state index contributed by atoms with van der Waals surface area (Å²) >= 11 is 0. The number of hydrogen-bond acceptors (Lipinski definition) is 2. The topological polar surface area (TPSA) is 40.5 Å². The Labute approximate surface area is 104 Å². The molecule has 0 heterocycles. The third-order valence-electron chi connectivity index (χ3n) is 4.42. The third-order valence-corrected chi connectivity index (χ3v) is 4.42. The van der Waals surface area contributed by atoms with E-state index in [1.165, 1.54) is 0 Å². The molecule has 96 valence electrons. The molecule has 1 aliphatic carbocycles. The Balaban J connectivity index is 3.11. The Hall–Kier alpha value is -0.860. The van der Waals surface area contributed by atoms with Crippen molar-refractivity contribution in [2.24, 2.45) is 11.3 Å². The van der Waals surface area contributed by atoms with Gasteiger partial charge in [0.1, 0.15) is 0 Å². The fraction of sp³-hybridized carbons (Fsp3) is 0.600. The highest BCUT2D eigenvalue weighted by atomic mass is 16.3. The standard InChI is InChI=1S/C15H24O2/c1-6-14(5)8-7-13(11(2)3)9-15(14,17)12(4)10-16/h6,13,16-17H,1-2,4,7-10H2,3,5H3/t13-,14-,15-/m1/s1. The first-order valence-corrected chi connectivity index (χ1v) is 6.11. The molecule has 3 atom stereocenters. The molecule has 0 amide bonds. The Kier molecular flexibility index (Phi) is 4.00. The highest BCUT2D eigenvalue weighted by Crippen LogP contribution is 2.51. The molecule has 1 aliphatic rings. The van der Waals surface area contributed by atoms with Gasteiger partial charge in [-0.2, -0.15) is 0 Å². The second-order valence-electron chi connectivity index (χ2n) is 5.53. The van der Waals surface area contributed by atoms with Crippen molar-refractivity contribution >= 4 is 0 Å². The van der Waals surface area contributed by atoms with Crippen LogP contribution in [0, 0.1) is 11.3 Å². The normalized spacial score (nSPS) is 37.5. The Bertz CT molecular complexity index is 345. The molecular weight excluding hydrogens is 212 g/mol. The molecule has 0 aliphatic heterocycles. The number of allylic oxidation sites excluding steroid dienone is 1. The Morgan fingerprint density at radius 1 is 1.47 bits per heavy atom. The second kappa shape index (κ2) is 4.79. The average Bonchev–Trinajstić information content (AvgIpc) is 2.31. The lowest BCUT2D eigenvalue weighted by Crippen LogP contribution is -2.52. The van der Waals surface area contributed by atoms with E-state index in [1.807, 2.05) is 13.8 Å². The summed E-state index contributed by atoms with van der Waals surface area (Å²) in [6.45, 7) is 15.4. The molecule has 0 aromatic carbocycles. The van der Waals surface area contributed by atoms with E-state index in [1.54, 1.807) is 6.08 Å². The van der Waals surface area contributed by atoms with E-state index in [9.17, 15) is 10.2 Å². The summed E-state index contributed by atoms with van der Waals surface area (Å²) in [7, 11) is 0. The van der Waals surface area contributed by atoms with E-state index in [0.717, 1.165) is 18.4 Å². The largest absolute Gasteiger partial charge is 0.392 e. The molecule has 1 rings (SSSR count). The van der Waals surface area contributed by atoms with Crippen molar-refractivity contribution in [1.29, 1.82) is 0 Å². The molecule has 1 saturated carbocycles. The molecular formula is C15H24O2. The monoisotopic (exact) mass is 236 g/mol. The highest BCUT2D eigenvalue weighted by Gasteiger charge is 2.50. The van der Waals surface area contributed by atoms with Gasteiger partial charge < -0.3 is 10.2 Å². The van der Waals surface area contributed by atoms with Gasteiger partial charge in [-0.25, -0.2) is 0 Å². The summed E-state index contributed by atoms with van der Waals surface area (Å²) in [5.74, 6) is 0.288. The Morgan fingerprint density at radius 2 is 2.06 bits per heavy atom. The minimum Gasteiger partial charge on any atom is -0.392 e. The van der Waals surface area contributed by atoms with E-state index < -0.39 is 11.0 Å². The van der Waals surface area contributed by atoms with Gasteiger partial charge in [0.2, 0.25) is 0 Å². The predicted molar refractivity (Wildman–Crippen MR) is 71.6 cm³/mol. The van der Waals surface area contributed by atoms with Crippen LogP contribution in [-0.4, -0.2) is 22.4 Å². The van der Waals surface area contributed by atoms with Crippen molar-refractivity contribution in [3.8, 4) is 0 Å².